The Hall–Kier alpha value is -1.71. The molecular formula is C6H10N6O. The van der Waals surface area contributed by atoms with Gasteiger partial charge in [-0.3, -0.25) is 0 Å². The number of ketones is 1. The highest BCUT2D eigenvalue weighted by Crippen LogP contribution is 2.03. The molecule has 0 saturated carbocycles. The number of Topliss-reactive ketones (excluding diaryl/α,β-unsaturated/α-hetero) is 1. The maximum Gasteiger partial charge on any atom is 0.129 e. The van der Waals surface area contributed by atoms with Gasteiger partial charge < -0.3 is 4.79 Å². The van der Waals surface area contributed by atoms with E-state index < -0.39 is 6.04 Å². The van der Waals surface area contributed by atoms with E-state index in [0.717, 1.165) is 0 Å². The first-order chi connectivity index (χ1) is 6.20. The molecular weight excluding hydrogens is 172 g/mol. The van der Waals surface area contributed by atoms with Gasteiger partial charge >= 0.3 is 0 Å². The molecule has 0 N–H and O–H groups in total. The Kier molecular flexibility index (Phi) is 6.05. The van der Waals surface area contributed by atoms with Crippen molar-refractivity contribution in [2.75, 3.05) is 6.54 Å². The summed E-state index contributed by atoms with van der Waals surface area (Å²) in [4.78, 5) is 15.7. The second-order valence-corrected chi connectivity index (χ2v) is 2.51. The van der Waals surface area contributed by atoms with Gasteiger partial charge in [0.05, 0.1) is 0 Å². The van der Waals surface area contributed by atoms with Gasteiger partial charge in [0.1, 0.15) is 5.78 Å². The topological polar surface area (TPSA) is 115 Å². The van der Waals surface area contributed by atoms with Crippen LogP contribution < -0.4 is 0 Å². The minimum atomic E-state index is -0.412. The summed E-state index contributed by atoms with van der Waals surface area (Å²) in [5.74, 6) is 0.0269. The van der Waals surface area contributed by atoms with Crippen molar-refractivity contribution in [3.05, 3.63) is 20.9 Å². The van der Waals surface area contributed by atoms with Crippen LogP contribution in [0.25, 0.3) is 20.9 Å². The Bertz CT molecular complexity index is 262. The molecule has 0 bridgehead atoms. The molecule has 0 heterocycles. The molecule has 1 atom stereocenters. The molecule has 70 valence electrons. The lowest BCUT2D eigenvalue weighted by Gasteiger charge is -2.04. The highest BCUT2D eigenvalue weighted by molar-refractivity contribution is 5.75. The van der Waals surface area contributed by atoms with Crippen LogP contribution in [0, 0.1) is 0 Å². The molecule has 0 aromatic heterocycles. The van der Waals surface area contributed by atoms with Crippen LogP contribution in [0.3, 0.4) is 0 Å². The zero-order chi connectivity index (χ0) is 10.1. The molecule has 0 rings (SSSR count). The van der Waals surface area contributed by atoms with Crippen molar-refractivity contribution in [2.45, 2.75) is 25.8 Å². The van der Waals surface area contributed by atoms with E-state index in [1.165, 1.54) is 6.92 Å². The van der Waals surface area contributed by atoms with Crippen LogP contribution in [0.2, 0.25) is 0 Å². The summed E-state index contributed by atoms with van der Waals surface area (Å²) in [7, 11) is 0. The molecule has 0 aliphatic carbocycles. The Morgan fingerprint density at radius 3 is 2.62 bits per heavy atom. The van der Waals surface area contributed by atoms with Crippen molar-refractivity contribution < 1.29 is 4.79 Å². The molecule has 0 amide bonds. The van der Waals surface area contributed by atoms with E-state index >= 15 is 0 Å². The fourth-order valence-electron chi connectivity index (χ4n) is 0.759. The average molecular weight is 182 g/mol. The predicted molar refractivity (Wildman–Crippen MR) is 46.9 cm³/mol. The largest absolute Gasteiger partial charge is 0.300 e. The van der Waals surface area contributed by atoms with Crippen molar-refractivity contribution in [1.82, 2.24) is 0 Å². The lowest BCUT2D eigenvalue weighted by molar-refractivity contribution is -0.117. The Balaban J connectivity index is 4.00. The minimum absolute atomic E-state index is 0.0269. The number of carbonyl (C=O) groups is 1. The summed E-state index contributed by atoms with van der Waals surface area (Å²) in [5.41, 5.74) is 16.2. The van der Waals surface area contributed by atoms with Crippen LogP contribution in [0.15, 0.2) is 10.2 Å². The predicted octanol–water partition coefficient (Wildman–Crippen LogP) is 2.34. The van der Waals surface area contributed by atoms with Crippen LogP contribution in [-0.4, -0.2) is 18.4 Å². The summed E-state index contributed by atoms with van der Waals surface area (Å²) >= 11 is 0. The second-order valence-electron chi connectivity index (χ2n) is 2.51. The third-order valence-electron chi connectivity index (χ3n) is 1.40. The zero-order valence-corrected chi connectivity index (χ0v) is 7.29. The van der Waals surface area contributed by atoms with Gasteiger partial charge in [-0.2, -0.15) is 0 Å². The molecule has 7 nitrogen and oxygen atoms in total. The number of carbonyl (C=O) groups excluding carboxylic acids is 1. The van der Waals surface area contributed by atoms with Gasteiger partial charge in [-0.05, 0) is 24.4 Å². The van der Waals surface area contributed by atoms with E-state index in [1.807, 2.05) is 0 Å². The summed E-state index contributed by atoms with van der Waals surface area (Å²) in [6.45, 7) is 1.56. The molecule has 0 aliphatic rings. The van der Waals surface area contributed by atoms with Gasteiger partial charge in [0.2, 0.25) is 0 Å². The van der Waals surface area contributed by atoms with E-state index in [9.17, 15) is 4.79 Å². The first kappa shape index (κ1) is 11.3. The molecule has 7 heteroatoms. The van der Waals surface area contributed by atoms with Crippen LogP contribution >= 0.6 is 0 Å². The number of rotatable bonds is 6. The van der Waals surface area contributed by atoms with E-state index in [-0.39, 0.29) is 12.3 Å². The highest BCUT2D eigenvalue weighted by Gasteiger charge is 2.05. The van der Waals surface area contributed by atoms with Crippen molar-refractivity contribution in [3.63, 3.8) is 0 Å². The average Bonchev–Trinajstić information content (AvgIpc) is 2.09. The highest BCUT2D eigenvalue weighted by atomic mass is 16.1. The fourth-order valence-corrected chi connectivity index (χ4v) is 0.759. The Morgan fingerprint density at radius 2 is 2.15 bits per heavy atom. The molecule has 0 aromatic carbocycles. The van der Waals surface area contributed by atoms with Crippen LogP contribution in [-0.2, 0) is 4.79 Å². The van der Waals surface area contributed by atoms with Crippen LogP contribution in [0.1, 0.15) is 19.8 Å². The zero-order valence-electron chi connectivity index (χ0n) is 7.29. The third-order valence-corrected chi connectivity index (χ3v) is 1.40. The number of hydrogen-bond donors (Lipinski definition) is 0. The molecule has 0 spiro atoms. The minimum Gasteiger partial charge on any atom is -0.300 e. The molecule has 0 radical (unpaired) electrons. The molecule has 0 aromatic rings. The monoisotopic (exact) mass is 182 g/mol. The SMILES string of the molecule is CC(=O)CCC(CN=[N+]=[N-])N=[N+]=[N-]. The van der Waals surface area contributed by atoms with Crippen molar-refractivity contribution in [3.8, 4) is 0 Å². The maximum absolute atomic E-state index is 10.6. The van der Waals surface area contributed by atoms with Gasteiger partial charge in [-0.25, -0.2) is 0 Å². The standard InChI is InChI=1S/C6H10N6O/c1-5(13)2-3-6(10-12-8)4-9-11-7/h6H,2-4H2,1H3. The number of nitrogens with zero attached hydrogens (tertiary/aromatic N) is 6. The summed E-state index contributed by atoms with van der Waals surface area (Å²) in [6.07, 6.45) is 0.767. The van der Waals surface area contributed by atoms with Crippen molar-refractivity contribution in [2.24, 2.45) is 10.2 Å². The van der Waals surface area contributed by atoms with Gasteiger partial charge in [-0.15, -0.1) is 0 Å². The van der Waals surface area contributed by atoms with Crippen LogP contribution in [0.5, 0.6) is 0 Å². The second kappa shape index (κ2) is 6.97. The smallest absolute Gasteiger partial charge is 0.129 e. The summed E-state index contributed by atoms with van der Waals surface area (Å²) in [6, 6.07) is -0.412. The lowest BCUT2D eigenvalue weighted by Crippen LogP contribution is -2.09. The lowest BCUT2D eigenvalue weighted by atomic mass is 10.1. The Labute approximate surface area is 75.0 Å². The third kappa shape index (κ3) is 6.68. The van der Waals surface area contributed by atoms with Gasteiger partial charge in [-0.1, -0.05) is 10.2 Å². The first-order valence-corrected chi connectivity index (χ1v) is 3.75. The summed E-state index contributed by atoms with van der Waals surface area (Å²) in [5, 5.41) is 6.67. The fraction of sp³-hybridized carbons (Fsp3) is 0.833. The van der Waals surface area contributed by atoms with Crippen molar-refractivity contribution >= 4 is 5.78 Å². The normalized spacial score (nSPS) is 10.8. The maximum atomic E-state index is 10.6. The van der Waals surface area contributed by atoms with E-state index in [1.54, 1.807) is 0 Å². The first-order valence-electron chi connectivity index (χ1n) is 3.75. The van der Waals surface area contributed by atoms with E-state index in [4.69, 9.17) is 11.1 Å². The molecule has 0 saturated heterocycles. The molecule has 1 unspecified atom stereocenters. The van der Waals surface area contributed by atoms with E-state index in [2.05, 4.69) is 20.1 Å². The molecule has 13 heavy (non-hydrogen) atoms. The Morgan fingerprint density at radius 1 is 1.46 bits per heavy atom. The molecule has 0 fully saturated rings. The molecule has 0 aliphatic heterocycles. The van der Waals surface area contributed by atoms with Crippen LogP contribution in [0.4, 0.5) is 0 Å². The quantitative estimate of drug-likeness (QED) is 0.350. The van der Waals surface area contributed by atoms with Gasteiger partial charge in [0, 0.05) is 28.8 Å². The number of azide groups is 2. The number of hydrogen-bond acceptors (Lipinski definition) is 3. The van der Waals surface area contributed by atoms with E-state index in [0.29, 0.717) is 12.8 Å². The van der Waals surface area contributed by atoms with Crippen molar-refractivity contribution in [1.29, 1.82) is 0 Å². The summed E-state index contributed by atoms with van der Waals surface area (Å²) < 4.78 is 0. The van der Waals surface area contributed by atoms with Gasteiger partial charge in [0.15, 0.2) is 0 Å². The van der Waals surface area contributed by atoms with Gasteiger partial charge in [0.25, 0.3) is 0 Å².